The van der Waals surface area contributed by atoms with E-state index >= 15 is 0 Å². The third-order valence-electron chi connectivity index (χ3n) is 2.54. The molecule has 0 bridgehead atoms. The molecule has 0 aliphatic heterocycles. The smallest absolute Gasteiger partial charge is 0.00787 e. The van der Waals surface area contributed by atoms with Crippen LogP contribution in [0.15, 0.2) is 43.0 Å². The molecule has 1 aromatic carbocycles. The standard InChI is InChI=1S/C16H20/c1-5-7-13(3)8-11-16-12-14(4)9-10-15(16)6-2/h5-13H,2H2,1,3-4H3/b7-5-,11-8-. The third kappa shape index (κ3) is 3.54. The Morgan fingerprint density at radius 2 is 1.94 bits per heavy atom. The molecule has 0 aliphatic rings. The van der Waals surface area contributed by atoms with Crippen molar-refractivity contribution in [3.8, 4) is 0 Å². The first kappa shape index (κ1) is 12.5. The van der Waals surface area contributed by atoms with Crippen molar-refractivity contribution in [3.05, 3.63) is 59.7 Å². The summed E-state index contributed by atoms with van der Waals surface area (Å²) in [5, 5.41) is 0. The van der Waals surface area contributed by atoms with Crippen molar-refractivity contribution >= 4 is 12.2 Å². The number of aryl methyl sites for hydroxylation is 1. The summed E-state index contributed by atoms with van der Waals surface area (Å²) in [5.41, 5.74) is 3.71. The van der Waals surface area contributed by atoms with Crippen molar-refractivity contribution < 1.29 is 0 Å². The minimum Gasteiger partial charge on any atom is -0.0984 e. The Labute approximate surface area is 99.0 Å². The second-order valence-electron chi connectivity index (χ2n) is 4.08. The zero-order valence-electron chi connectivity index (χ0n) is 10.4. The van der Waals surface area contributed by atoms with Crippen molar-refractivity contribution in [2.24, 2.45) is 5.92 Å². The van der Waals surface area contributed by atoms with Crippen molar-refractivity contribution in [2.45, 2.75) is 20.8 Å². The maximum Gasteiger partial charge on any atom is -0.00787 e. The third-order valence-corrected chi connectivity index (χ3v) is 2.54. The van der Waals surface area contributed by atoms with Crippen molar-refractivity contribution in [1.29, 1.82) is 0 Å². The van der Waals surface area contributed by atoms with Gasteiger partial charge in [0.25, 0.3) is 0 Å². The molecule has 0 heteroatoms. The Morgan fingerprint density at radius 3 is 2.56 bits per heavy atom. The van der Waals surface area contributed by atoms with Gasteiger partial charge in [-0.05, 0) is 30.9 Å². The Morgan fingerprint density at radius 1 is 1.19 bits per heavy atom. The summed E-state index contributed by atoms with van der Waals surface area (Å²) < 4.78 is 0. The molecule has 0 spiro atoms. The fraction of sp³-hybridized carbons (Fsp3) is 0.250. The minimum atomic E-state index is 0.475. The summed E-state index contributed by atoms with van der Waals surface area (Å²) in [4.78, 5) is 0. The molecule has 84 valence electrons. The minimum absolute atomic E-state index is 0.475. The van der Waals surface area contributed by atoms with Crippen LogP contribution in [-0.4, -0.2) is 0 Å². The summed E-state index contributed by atoms with van der Waals surface area (Å²) in [6.07, 6.45) is 10.6. The maximum atomic E-state index is 3.84. The average Bonchev–Trinajstić information content (AvgIpc) is 2.27. The number of allylic oxidation sites excluding steroid dienone is 3. The molecule has 0 aromatic heterocycles. The lowest BCUT2D eigenvalue weighted by atomic mass is 10.0. The Kier molecular flexibility index (Phi) is 4.78. The van der Waals surface area contributed by atoms with E-state index in [1.165, 1.54) is 16.7 Å². The van der Waals surface area contributed by atoms with Crippen LogP contribution in [0.25, 0.3) is 12.2 Å². The molecular weight excluding hydrogens is 192 g/mol. The number of hydrogen-bond acceptors (Lipinski definition) is 0. The number of hydrogen-bond donors (Lipinski definition) is 0. The largest absolute Gasteiger partial charge is 0.0984 e. The van der Waals surface area contributed by atoms with Crippen LogP contribution < -0.4 is 0 Å². The van der Waals surface area contributed by atoms with Crippen molar-refractivity contribution in [3.63, 3.8) is 0 Å². The van der Waals surface area contributed by atoms with Crippen molar-refractivity contribution in [1.82, 2.24) is 0 Å². The van der Waals surface area contributed by atoms with Gasteiger partial charge in [0.1, 0.15) is 0 Å². The first-order valence-electron chi connectivity index (χ1n) is 5.71. The predicted octanol–water partition coefficient (Wildman–Crippen LogP) is 4.86. The van der Waals surface area contributed by atoms with E-state index in [0.29, 0.717) is 5.92 Å². The van der Waals surface area contributed by atoms with E-state index in [9.17, 15) is 0 Å². The van der Waals surface area contributed by atoms with Gasteiger partial charge in [-0.15, -0.1) is 0 Å². The van der Waals surface area contributed by atoms with Gasteiger partial charge >= 0.3 is 0 Å². The molecule has 0 radical (unpaired) electrons. The highest BCUT2D eigenvalue weighted by Crippen LogP contribution is 2.16. The van der Waals surface area contributed by atoms with E-state index in [1.54, 1.807) is 0 Å². The first-order chi connectivity index (χ1) is 7.67. The van der Waals surface area contributed by atoms with Crippen LogP contribution in [0.5, 0.6) is 0 Å². The molecule has 0 fully saturated rings. The zero-order chi connectivity index (χ0) is 12.0. The van der Waals surface area contributed by atoms with Gasteiger partial charge in [0.2, 0.25) is 0 Å². The van der Waals surface area contributed by atoms with Crippen LogP contribution in [-0.2, 0) is 0 Å². The monoisotopic (exact) mass is 212 g/mol. The number of benzene rings is 1. The van der Waals surface area contributed by atoms with Gasteiger partial charge in [-0.3, -0.25) is 0 Å². The van der Waals surface area contributed by atoms with Gasteiger partial charge in [-0.2, -0.15) is 0 Å². The quantitative estimate of drug-likeness (QED) is 0.625. The second-order valence-corrected chi connectivity index (χ2v) is 4.08. The second kappa shape index (κ2) is 6.12. The molecule has 0 saturated carbocycles. The Hall–Kier alpha value is -1.56. The van der Waals surface area contributed by atoms with E-state index in [0.717, 1.165) is 0 Å². The van der Waals surface area contributed by atoms with Gasteiger partial charge in [0, 0.05) is 0 Å². The van der Waals surface area contributed by atoms with Gasteiger partial charge in [0.05, 0.1) is 0 Å². The van der Waals surface area contributed by atoms with Gasteiger partial charge in [-0.1, -0.05) is 67.6 Å². The molecule has 0 saturated heterocycles. The molecule has 0 N–H and O–H groups in total. The molecule has 0 amide bonds. The average molecular weight is 212 g/mol. The maximum absolute atomic E-state index is 3.84. The van der Waals surface area contributed by atoms with E-state index in [1.807, 2.05) is 13.0 Å². The predicted molar refractivity (Wildman–Crippen MR) is 74.3 cm³/mol. The summed E-state index contributed by atoms with van der Waals surface area (Å²) in [7, 11) is 0. The molecule has 0 aliphatic carbocycles. The van der Waals surface area contributed by atoms with Crippen LogP contribution in [0.1, 0.15) is 30.5 Å². The molecule has 0 heterocycles. The highest BCUT2D eigenvalue weighted by molar-refractivity contribution is 5.65. The summed E-state index contributed by atoms with van der Waals surface area (Å²) >= 11 is 0. The molecule has 1 unspecified atom stereocenters. The SMILES string of the molecule is C=Cc1ccc(C)cc1/C=C\C(C)/C=C\C. The molecule has 1 atom stereocenters. The molecule has 0 nitrogen and oxygen atoms in total. The van der Waals surface area contributed by atoms with Gasteiger partial charge in [-0.25, -0.2) is 0 Å². The fourth-order valence-corrected chi connectivity index (χ4v) is 1.65. The zero-order valence-corrected chi connectivity index (χ0v) is 10.4. The lowest BCUT2D eigenvalue weighted by Gasteiger charge is -2.03. The van der Waals surface area contributed by atoms with Crippen LogP contribution >= 0.6 is 0 Å². The van der Waals surface area contributed by atoms with E-state index in [4.69, 9.17) is 0 Å². The van der Waals surface area contributed by atoms with Crippen LogP contribution in [0.2, 0.25) is 0 Å². The van der Waals surface area contributed by atoms with Crippen LogP contribution in [0.3, 0.4) is 0 Å². The van der Waals surface area contributed by atoms with Gasteiger partial charge in [0.15, 0.2) is 0 Å². The molecule has 1 aromatic rings. The Bertz CT molecular complexity index is 408. The van der Waals surface area contributed by atoms with Gasteiger partial charge < -0.3 is 0 Å². The highest BCUT2D eigenvalue weighted by atomic mass is 14.0. The van der Waals surface area contributed by atoms with E-state index in [2.05, 4.69) is 62.9 Å². The number of rotatable bonds is 4. The van der Waals surface area contributed by atoms with E-state index < -0.39 is 0 Å². The lowest BCUT2D eigenvalue weighted by Crippen LogP contribution is -1.85. The van der Waals surface area contributed by atoms with Crippen LogP contribution in [0, 0.1) is 12.8 Å². The van der Waals surface area contributed by atoms with Crippen molar-refractivity contribution in [2.75, 3.05) is 0 Å². The highest BCUT2D eigenvalue weighted by Gasteiger charge is 1.96. The topological polar surface area (TPSA) is 0 Å². The summed E-state index contributed by atoms with van der Waals surface area (Å²) in [6.45, 7) is 10.2. The summed E-state index contributed by atoms with van der Waals surface area (Å²) in [5.74, 6) is 0.475. The normalized spacial score (nSPS) is 13.4. The summed E-state index contributed by atoms with van der Waals surface area (Å²) in [6, 6.07) is 6.42. The van der Waals surface area contributed by atoms with E-state index in [-0.39, 0.29) is 0 Å². The Balaban J connectivity index is 2.95. The lowest BCUT2D eigenvalue weighted by molar-refractivity contribution is 0.943. The molecular formula is C16H20. The van der Waals surface area contributed by atoms with Crippen LogP contribution in [0.4, 0.5) is 0 Å². The fourth-order valence-electron chi connectivity index (χ4n) is 1.65. The molecule has 16 heavy (non-hydrogen) atoms. The molecule has 1 rings (SSSR count). The first-order valence-corrected chi connectivity index (χ1v) is 5.71.